The summed E-state index contributed by atoms with van der Waals surface area (Å²) in [6.45, 7) is 12.6. The SMILES string of the molecule is Cc1ccnc(Cn2c(NCCCN3CCOCC3)nc3ccc(Cc4c(C)cc(NCCO)cc4C)cc32)c1O. The van der Waals surface area contributed by atoms with Crippen LogP contribution in [0.4, 0.5) is 11.6 Å². The molecule has 0 unspecified atom stereocenters. The highest BCUT2D eigenvalue weighted by Crippen LogP contribution is 2.28. The first-order chi connectivity index (χ1) is 19.9. The van der Waals surface area contributed by atoms with Gasteiger partial charge < -0.3 is 30.2 Å². The third-order valence-electron chi connectivity index (χ3n) is 7.88. The number of morpholine rings is 1. The van der Waals surface area contributed by atoms with Gasteiger partial charge in [0.15, 0.2) is 0 Å². The smallest absolute Gasteiger partial charge is 0.204 e. The van der Waals surface area contributed by atoms with Gasteiger partial charge >= 0.3 is 0 Å². The first-order valence-electron chi connectivity index (χ1n) is 14.5. The molecule has 2 aromatic carbocycles. The highest BCUT2D eigenvalue weighted by atomic mass is 16.5. The fourth-order valence-corrected chi connectivity index (χ4v) is 5.55. The van der Waals surface area contributed by atoms with E-state index in [1.807, 2.05) is 13.0 Å². The van der Waals surface area contributed by atoms with Gasteiger partial charge in [-0.1, -0.05) is 6.07 Å². The van der Waals surface area contributed by atoms with Crippen LogP contribution in [0.3, 0.4) is 0 Å². The van der Waals surface area contributed by atoms with E-state index in [9.17, 15) is 5.11 Å². The lowest BCUT2D eigenvalue weighted by atomic mass is 9.95. The van der Waals surface area contributed by atoms with E-state index in [1.54, 1.807) is 6.20 Å². The lowest BCUT2D eigenvalue weighted by Gasteiger charge is -2.26. The Morgan fingerprint density at radius 3 is 2.49 bits per heavy atom. The summed E-state index contributed by atoms with van der Waals surface area (Å²) in [6.07, 6.45) is 3.55. The Labute approximate surface area is 242 Å². The third-order valence-corrected chi connectivity index (χ3v) is 7.88. The molecule has 0 spiro atoms. The number of aliphatic hydroxyl groups is 1. The van der Waals surface area contributed by atoms with Crippen molar-refractivity contribution < 1.29 is 14.9 Å². The highest BCUT2D eigenvalue weighted by Gasteiger charge is 2.16. The van der Waals surface area contributed by atoms with E-state index < -0.39 is 0 Å². The number of aromatic hydroxyl groups is 1. The van der Waals surface area contributed by atoms with Gasteiger partial charge in [-0.05, 0) is 98.3 Å². The van der Waals surface area contributed by atoms with Crippen LogP contribution >= 0.6 is 0 Å². The van der Waals surface area contributed by atoms with Crippen molar-refractivity contribution in [3.8, 4) is 5.75 Å². The zero-order valence-electron chi connectivity index (χ0n) is 24.4. The van der Waals surface area contributed by atoms with Crippen LogP contribution in [0.25, 0.3) is 11.0 Å². The number of aliphatic hydroxyl groups excluding tert-OH is 1. The van der Waals surface area contributed by atoms with Crippen LogP contribution in [0.2, 0.25) is 0 Å². The number of hydrogen-bond acceptors (Lipinski definition) is 8. The maximum atomic E-state index is 10.8. The summed E-state index contributed by atoms with van der Waals surface area (Å²) in [4.78, 5) is 11.9. The Balaban J connectivity index is 1.41. The van der Waals surface area contributed by atoms with Gasteiger partial charge in [0.2, 0.25) is 5.95 Å². The van der Waals surface area contributed by atoms with Crippen LogP contribution in [0.15, 0.2) is 42.6 Å². The number of hydrogen-bond donors (Lipinski definition) is 4. The van der Waals surface area contributed by atoms with Crippen molar-refractivity contribution in [3.05, 3.63) is 76.1 Å². The minimum atomic E-state index is 0.105. The molecule has 0 aliphatic carbocycles. The van der Waals surface area contributed by atoms with E-state index in [-0.39, 0.29) is 12.4 Å². The predicted octanol–water partition coefficient (Wildman–Crippen LogP) is 4.24. The van der Waals surface area contributed by atoms with Crippen molar-refractivity contribution in [1.82, 2.24) is 19.4 Å². The molecule has 2 aromatic heterocycles. The number of benzene rings is 2. The lowest BCUT2D eigenvalue weighted by molar-refractivity contribution is 0.0378. The summed E-state index contributed by atoms with van der Waals surface area (Å²) in [7, 11) is 0. The number of rotatable bonds is 12. The van der Waals surface area contributed by atoms with Crippen molar-refractivity contribution >= 4 is 22.7 Å². The average Bonchev–Trinajstić information content (AvgIpc) is 3.31. The van der Waals surface area contributed by atoms with E-state index in [1.165, 1.54) is 22.3 Å². The molecule has 4 N–H and O–H groups in total. The number of fused-ring (bicyclic) bond motifs is 1. The fourth-order valence-electron chi connectivity index (χ4n) is 5.55. The number of nitrogens with zero attached hydrogens (tertiary/aromatic N) is 4. The second-order valence-electron chi connectivity index (χ2n) is 10.9. The number of imidazole rings is 1. The van der Waals surface area contributed by atoms with Crippen molar-refractivity contribution in [1.29, 1.82) is 0 Å². The first-order valence-corrected chi connectivity index (χ1v) is 14.5. The van der Waals surface area contributed by atoms with Gasteiger partial charge in [-0.3, -0.25) is 9.88 Å². The molecule has 1 aliphatic rings. The molecule has 0 radical (unpaired) electrons. The van der Waals surface area contributed by atoms with E-state index in [0.29, 0.717) is 18.8 Å². The lowest BCUT2D eigenvalue weighted by Crippen LogP contribution is -2.37. The Morgan fingerprint density at radius 2 is 1.73 bits per heavy atom. The maximum absolute atomic E-state index is 10.8. The van der Waals surface area contributed by atoms with Gasteiger partial charge in [0.1, 0.15) is 11.4 Å². The summed E-state index contributed by atoms with van der Waals surface area (Å²) in [5.74, 6) is 1.01. The summed E-state index contributed by atoms with van der Waals surface area (Å²) < 4.78 is 7.61. The van der Waals surface area contributed by atoms with E-state index in [2.05, 4.69) is 69.3 Å². The average molecular weight is 559 g/mol. The Bertz CT molecular complexity index is 1460. The molecule has 9 heteroatoms. The number of ether oxygens (including phenoxy) is 1. The van der Waals surface area contributed by atoms with Crippen LogP contribution in [0.5, 0.6) is 5.75 Å². The van der Waals surface area contributed by atoms with Crippen LogP contribution < -0.4 is 10.6 Å². The van der Waals surface area contributed by atoms with E-state index in [0.717, 1.165) is 80.5 Å². The zero-order chi connectivity index (χ0) is 28.8. The number of nitrogens with one attached hydrogen (secondary N) is 2. The van der Waals surface area contributed by atoms with Gasteiger partial charge in [-0.25, -0.2) is 4.98 Å². The molecule has 41 heavy (non-hydrogen) atoms. The first kappa shape index (κ1) is 28.9. The molecule has 0 saturated carbocycles. The minimum Gasteiger partial charge on any atom is -0.506 e. The number of anilines is 2. The Morgan fingerprint density at radius 1 is 0.951 bits per heavy atom. The molecular weight excluding hydrogens is 516 g/mol. The minimum absolute atomic E-state index is 0.105. The predicted molar refractivity (Wildman–Crippen MR) is 164 cm³/mol. The largest absolute Gasteiger partial charge is 0.506 e. The van der Waals surface area contributed by atoms with Crippen molar-refractivity contribution in [2.75, 3.05) is 63.2 Å². The highest BCUT2D eigenvalue weighted by molar-refractivity contribution is 5.80. The zero-order valence-corrected chi connectivity index (χ0v) is 24.4. The molecule has 5 rings (SSSR count). The second-order valence-corrected chi connectivity index (χ2v) is 10.9. The molecule has 4 aromatic rings. The van der Waals surface area contributed by atoms with Crippen LogP contribution in [0, 0.1) is 20.8 Å². The Kier molecular flexibility index (Phi) is 9.38. The fraction of sp³-hybridized carbons (Fsp3) is 0.438. The van der Waals surface area contributed by atoms with Crippen molar-refractivity contribution in [3.63, 3.8) is 0 Å². The van der Waals surface area contributed by atoms with E-state index in [4.69, 9.17) is 14.8 Å². The molecule has 0 bridgehead atoms. The van der Waals surface area contributed by atoms with Crippen molar-refractivity contribution in [2.45, 2.75) is 40.2 Å². The number of aryl methyl sites for hydroxylation is 3. The van der Waals surface area contributed by atoms with E-state index >= 15 is 0 Å². The monoisotopic (exact) mass is 558 g/mol. The molecule has 1 saturated heterocycles. The van der Waals surface area contributed by atoms with Gasteiger partial charge in [-0.15, -0.1) is 0 Å². The summed E-state index contributed by atoms with van der Waals surface area (Å²) >= 11 is 0. The second kappa shape index (κ2) is 13.3. The molecule has 0 amide bonds. The van der Waals surface area contributed by atoms with Crippen LogP contribution in [-0.4, -0.2) is 82.2 Å². The van der Waals surface area contributed by atoms with Gasteiger partial charge in [0.05, 0.1) is 37.4 Å². The van der Waals surface area contributed by atoms with Gasteiger partial charge in [0, 0.05) is 38.1 Å². The topological polar surface area (TPSA) is 108 Å². The number of aromatic nitrogens is 3. The normalized spacial score (nSPS) is 14.0. The molecule has 3 heterocycles. The molecule has 9 nitrogen and oxygen atoms in total. The maximum Gasteiger partial charge on any atom is 0.204 e. The third kappa shape index (κ3) is 6.98. The molecular formula is C32H42N6O3. The molecule has 218 valence electrons. The molecule has 1 aliphatic heterocycles. The number of pyridine rings is 1. The molecule has 0 atom stereocenters. The standard InChI is InChI=1S/C32H42N6O3/c1-22-7-9-34-29(31(22)40)21-38-30-20-25(19-27-23(2)17-26(18-24(27)3)33-10-14-39)5-6-28(30)36-32(38)35-8-4-11-37-12-15-41-16-13-37/h5-7,9,17-18,20,33,39-40H,4,8,10-16,19,21H2,1-3H3,(H,35,36). The molecule has 1 fully saturated rings. The van der Waals surface area contributed by atoms with Gasteiger partial charge in [-0.2, -0.15) is 0 Å². The Hall–Kier alpha value is -3.66. The van der Waals surface area contributed by atoms with Crippen LogP contribution in [-0.2, 0) is 17.7 Å². The summed E-state index contributed by atoms with van der Waals surface area (Å²) in [6, 6.07) is 12.6. The quantitative estimate of drug-likeness (QED) is 0.191. The van der Waals surface area contributed by atoms with Gasteiger partial charge in [0.25, 0.3) is 0 Å². The van der Waals surface area contributed by atoms with Crippen LogP contribution in [0.1, 0.15) is 39.9 Å². The summed E-state index contributed by atoms with van der Waals surface area (Å²) in [5.41, 5.74) is 9.32. The van der Waals surface area contributed by atoms with Crippen molar-refractivity contribution in [2.24, 2.45) is 0 Å². The summed E-state index contributed by atoms with van der Waals surface area (Å²) in [5, 5.41) is 26.8.